The highest BCUT2D eigenvalue weighted by atomic mass is 32.2. The smallest absolute Gasteiger partial charge is 0.183 e. The largest absolute Gasteiger partial charge is 0.326 e. The van der Waals surface area contributed by atoms with Gasteiger partial charge < -0.3 is 5.73 Å². The van der Waals surface area contributed by atoms with Crippen molar-refractivity contribution in [2.75, 3.05) is 0 Å². The van der Waals surface area contributed by atoms with Crippen molar-refractivity contribution in [3.8, 4) is 11.1 Å². The zero-order valence-electron chi connectivity index (χ0n) is 17.3. The van der Waals surface area contributed by atoms with Gasteiger partial charge in [-0.2, -0.15) is 5.10 Å². The van der Waals surface area contributed by atoms with Gasteiger partial charge in [-0.25, -0.2) is 4.98 Å². The molecule has 0 aliphatic heterocycles. The SMILES string of the molecule is Cc1ccc(-c2c(CSc3ncn[nH]3)c(C)nc(CC(C)(C)C)c2CN)cc1. The Kier molecular flexibility index (Phi) is 6.20. The summed E-state index contributed by atoms with van der Waals surface area (Å²) in [6.45, 7) is 11.4. The number of hydrogen-bond donors (Lipinski definition) is 2. The van der Waals surface area contributed by atoms with Crippen LogP contribution in [0.4, 0.5) is 0 Å². The number of aromatic nitrogens is 4. The van der Waals surface area contributed by atoms with Crippen LogP contribution < -0.4 is 5.73 Å². The third-order valence-electron chi connectivity index (χ3n) is 4.68. The predicted molar refractivity (Wildman–Crippen MR) is 116 cm³/mol. The monoisotopic (exact) mass is 395 g/mol. The van der Waals surface area contributed by atoms with E-state index in [1.54, 1.807) is 11.8 Å². The first kappa shape index (κ1) is 20.6. The molecule has 3 N–H and O–H groups in total. The normalized spacial score (nSPS) is 11.8. The van der Waals surface area contributed by atoms with E-state index in [1.807, 2.05) is 0 Å². The lowest BCUT2D eigenvalue weighted by atomic mass is 9.85. The summed E-state index contributed by atoms with van der Waals surface area (Å²) in [6.07, 6.45) is 2.43. The van der Waals surface area contributed by atoms with Gasteiger partial charge in [0.2, 0.25) is 0 Å². The molecule has 2 aromatic heterocycles. The van der Waals surface area contributed by atoms with E-state index in [2.05, 4.69) is 74.1 Å². The second-order valence-electron chi connectivity index (χ2n) is 8.36. The maximum absolute atomic E-state index is 6.27. The van der Waals surface area contributed by atoms with Crippen LogP contribution in [0.25, 0.3) is 11.1 Å². The zero-order chi connectivity index (χ0) is 20.3. The van der Waals surface area contributed by atoms with Crippen LogP contribution in [0.2, 0.25) is 0 Å². The molecule has 0 saturated carbocycles. The number of benzene rings is 1. The van der Waals surface area contributed by atoms with Gasteiger partial charge in [-0.1, -0.05) is 62.4 Å². The molecule has 0 bridgehead atoms. The fourth-order valence-electron chi connectivity index (χ4n) is 3.36. The van der Waals surface area contributed by atoms with Crippen molar-refractivity contribution in [2.45, 2.75) is 58.5 Å². The Labute approximate surface area is 171 Å². The molecule has 0 atom stereocenters. The topological polar surface area (TPSA) is 80.5 Å². The lowest BCUT2D eigenvalue weighted by molar-refractivity contribution is 0.404. The van der Waals surface area contributed by atoms with Gasteiger partial charge in [0.05, 0.1) is 0 Å². The Bertz CT molecular complexity index is 925. The van der Waals surface area contributed by atoms with Gasteiger partial charge in [0, 0.05) is 23.7 Å². The first-order valence-corrected chi connectivity index (χ1v) is 10.5. The molecular weight excluding hydrogens is 366 g/mol. The minimum atomic E-state index is 0.143. The average molecular weight is 396 g/mol. The molecule has 3 aromatic rings. The Hall–Kier alpha value is -2.18. The summed E-state index contributed by atoms with van der Waals surface area (Å²) in [7, 11) is 0. The summed E-state index contributed by atoms with van der Waals surface area (Å²) in [5.74, 6) is 0.764. The molecule has 1 aromatic carbocycles. The number of nitrogens with one attached hydrogen (secondary N) is 1. The molecule has 6 heteroatoms. The van der Waals surface area contributed by atoms with Crippen LogP contribution in [-0.4, -0.2) is 20.2 Å². The Morgan fingerprint density at radius 3 is 2.36 bits per heavy atom. The molecule has 28 heavy (non-hydrogen) atoms. The summed E-state index contributed by atoms with van der Waals surface area (Å²) >= 11 is 1.63. The first-order chi connectivity index (χ1) is 13.3. The van der Waals surface area contributed by atoms with E-state index < -0.39 is 0 Å². The molecule has 0 spiro atoms. The predicted octanol–water partition coefficient (Wildman–Crippen LogP) is 4.82. The number of aromatic amines is 1. The lowest BCUT2D eigenvalue weighted by Crippen LogP contribution is -2.17. The van der Waals surface area contributed by atoms with Crippen molar-refractivity contribution in [1.29, 1.82) is 0 Å². The number of thioether (sulfide) groups is 1. The molecule has 2 heterocycles. The molecule has 3 rings (SSSR count). The van der Waals surface area contributed by atoms with E-state index in [0.29, 0.717) is 6.54 Å². The fourth-order valence-corrected chi connectivity index (χ4v) is 4.24. The zero-order valence-corrected chi connectivity index (χ0v) is 18.2. The molecule has 0 radical (unpaired) electrons. The van der Waals surface area contributed by atoms with Gasteiger partial charge in [0.15, 0.2) is 5.16 Å². The van der Waals surface area contributed by atoms with Crippen molar-refractivity contribution >= 4 is 11.8 Å². The fraction of sp³-hybridized carbons (Fsp3) is 0.409. The first-order valence-electron chi connectivity index (χ1n) is 9.55. The highest BCUT2D eigenvalue weighted by Gasteiger charge is 2.22. The van der Waals surface area contributed by atoms with E-state index in [4.69, 9.17) is 10.7 Å². The molecule has 0 unspecified atom stereocenters. The minimum absolute atomic E-state index is 0.143. The molecule has 0 aliphatic carbocycles. The van der Waals surface area contributed by atoms with Crippen LogP contribution >= 0.6 is 11.8 Å². The van der Waals surface area contributed by atoms with E-state index in [-0.39, 0.29) is 5.41 Å². The van der Waals surface area contributed by atoms with Gasteiger partial charge in [-0.15, -0.1) is 0 Å². The number of aryl methyl sites for hydroxylation is 2. The number of pyridine rings is 1. The Balaban J connectivity index is 2.14. The number of nitrogens with zero attached hydrogens (tertiary/aromatic N) is 3. The van der Waals surface area contributed by atoms with Crippen LogP contribution in [0.15, 0.2) is 35.7 Å². The number of hydrogen-bond acceptors (Lipinski definition) is 5. The maximum Gasteiger partial charge on any atom is 0.183 e. The summed E-state index contributed by atoms with van der Waals surface area (Å²) in [4.78, 5) is 9.23. The van der Waals surface area contributed by atoms with E-state index >= 15 is 0 Å². The van der Waals surface area contributed by atoms with Gasteiger partial charge >= 0.3 is 0 Å². The van der Waals surface area contributed by atoms with Gasteiger partial charge in [0.1, 0.15) is 6.33 Å². The van der Waals surface area contributed by atoms with Crippen LogP contribution in [0.3, 0.4) is 0 Å². The average Bonchev–Trinajstić information content (AvgIpc) is 3.13. The number of H-pyrrole nitrogens is 1. The van der Waals surface area contributed by atoms with E-state index in [1.165, 1.54) is 28.6 Å². The summed E-state index contributed by atoms with van der Waals surface area (Å²) < 4.78 is 0. The van der Waals surface area contributed by atoms with Crippen molar-refractivity contribution < 1.29 is 0 Å². The van der Waals surface area contributed by atoms with Crippen molar-refractivity contribution in [3.05, 3.63) is 58.7 Å². The van der Waals surface area contributed by atoms with Crippen molar-refractivity contribution in [2.24, 2.45) is 11.1 Å². The Morgan fingerprint density at radius 1 is 1.07 bits per heavy atom. The van der Waals surface area contributed by atoms with Crippen LogP contribution in [0, 0.1) is 19.3 Å². The van der Waals surface area contributed by atoms with Gasteiger partial charge in [-0.05, 0) is 47.9 Å². The quantitative estimate of drug-likeness (QED) is 0.585. The minimum Gasteiger partial charge on any atom is -0.326 e. The number of rotatable bonds is 6. The van der Waals surface area contributed by atoms with Crippen LogP contribution in [0.1, 0.15) is 48.8 Å². The second-order valence-corrected chi connectivity index (χ2v) is 9.33. The summed E-state index contributed by atoms with van der Waals surface area (Å²) in [6, 6.07) is 8.68. The molecule has 5 nitrogen and oxygen atoms in total. The highest BCUT2D eigenvalue weighted by molar-refractivity contribution is 7.98. The summed E-state index contributed by atoms with van der Waals surface area (Å²) in [5.41, 5.74) is 14.6. The Morgan fingerprint density at radius 2 is 1.79 bits per heavy atom. The maximum atomic E-state index is 6.27. The second kappa shape index (κ2) is 8.45. The van der Waals surface area contributed by atoms with Crippen LogP contribution in [0.5, 0.6) is 0 Å². The van der Waals surface area contributed by atoms with Gasteiger partial charge in [0.25, 0.3) is 0 Å². The number of nitrogens with two attached hydrogens (primary N) is 1. The molecule has 0 fully saturated rings. The van der Waals surface area contributed by atoms with Gasteiger partial charge in [-0.3, -0.25) is 10.1 Å². The molecule has 0 saturated heterocycles. The highest BCUT2D eigenvalue weighted by Crippen LogP contribution is 2.36. The lowest BCUT2D eigenvalue weighted by Gasteiger charge is -2.24. The molecular formula is C22H29N5S. The standard InChI is InChI=1S/C22H29N5S/c1-14-6-8-16(9-7-14)20-17(11-23)19(10-22(3,4)5)26-15(2)18(20)12-28-21-24-13-25-27-21/h6-9,13H,10-12,23H2,1-5H3,(H,24,25,27). The third kappa shape index (κ3) is 4.80. The third-order valence-corrected chi connectivity index (χ3v) is 5.58. The van der Waals surface area contributed by atoms with E-state index in [0.717, 1.165) is 34.3 Å². The van der Waals surface area contributed by atoms with E-state index in [9.17, 15) is 0 Å². The molecule has 148 valence electrons. The molecule has 0 amide bonds. The van der Waals surface area contributed by atoms with Crippen LogP contribution in [-0.2, 0) is 18.7 Å². The summed E-state index contributed by atoms with van der Waals surface area (Å²) in [5, 5.41) is 7.67. The van der Waals surface area contributed by atoms with Crippen molar-refractivity contribution in [1.82, 2.24) is 20.2 Å². The molecule has 0 aliphatic rings. The van der Waals surface area contributed by atoms with Crippen molar-refractivity contribution in [3.63, 3.8) is 0 Å².